The highest BCUT2D eigenvalue weighted by atomic mass is 16.5. The summed E-state index contributed by atoms with van der Waals surface area (Å²) in [6.45, 7) is 9.54. The second-order valence-corrected chi connectivity index (χ2v) is 5.98. The highest BCUT2D eigenvalue weighted by Crippen LogP contribution is 2.34. The summed E-state index contributed by atoms with van der Waals surface area (Å²) in [6, 6.07) is 0. The van der Waals surface area contributed by atoms with Crippen molar-refractivity contribution in [3.05, 3.63) is 24.8 Å². The summed E-state index contributed by atoms with van der Waals surface area (Å²) in [5.74, 6) is -0.0759. The molecule has 1 aliphatic rings. The molecule has 18 heavy (non-hydrogen) atoms. The molecular weight excluding hydrogens is 228 g/mol. The van der Waals surface area contributed by atoms with Crippen LogP contribution in [0.1, 0.15) is 40.0 Å². The molecule has 0 bridgehead atoms. The maximum Gasteiger partial charge on any atom is 0.311 e. The van der Waals surface area contributed by atoms with E-state index in [2.05, 4.69) is 6.58 Å². The highest BCUT2D eigenvalue weighted by molar-refractivity contribution is 5.90. The minimum atomic E-state index is -0.496. The van der Waals surface area contributed by atoms with E-state index in [4.69, 9.17) is 4.74 Å². The zero-order valence-corrected chi connectivity index (χ0v) is 11.5. The zero-order chi connectivity index (χ0) is 13.8. The number of hydrogen-bond donors (Lipinski definition) is 0. The van der Waals surface area contributed by atoms with Gasteiger partial charge >= 0.3 is 5.97 Å². The Balaban J connectivity index is 2.70. The molecular formula is C15H22O3. The molecule has 1 aliphatic carbocycles. The Morgan fingerprint density at radius 2 is 2.22 bits per heavy atom. The van der Waals surface area contributed by atoms with Crippen molar-refractivity contribution >= 4 is 11.8 Å². The molecule has 0 aromatic carbocycles. The summed E-state index contributed by atoms with van der Waals surface area (Å²) in [5.41, 5.74) is -0.750. The molecule has 0 aromatic heterocycles. The molecule has 0 fully saturated rings. The maximum absolute atomic E-state index is 11.8. The summed E-state index contributed by atoms with van der Waals surface area (Å²) in [5, 5.41) is 0. The molecule has 0 saturated heterocycles. The Morgan fingerprint density at radius 1 is 1.56 bits per heavy atom. The lowest BCUT2D eigenvalue weighted by atomic mass is 9.76. The molecule has 3 heteroatoms. The number of carbonyl (C=O) groups is 2. The third-order valence-electron chi connectivity index (χ3n) is 3.15. The molecule has 0 radical (unpaired) electrons. The first-order valence-corrected chi connectivity index (χ1v) is 6.29. The van der Waals surface area contributed by atoms with Gasteiger partial charge in [-0.05, 0) is 39.7 Å². The van der Waals surface area contributed by atoms with Crippen LogP contribution in [0, 0.1) is 10.8 Å². The fourth-order valence-corrected chi connectivity index (χ4v) is 1.87. The largest absolute Gasteiger partial charge is 0.464 e. The topological polar surface area (TPSA) is 43.4 Å². The van der Waals surface area contributed by atoms with Crippen LogP contribution in [0.2, 0.25) is 0 Å². The lowest BCUT2D eigenvalue weighted by Crippen LogP contribution is -2.32. The average molecular weight is 250 g/mol. The van der Waals surface area contributed by atoms with Gasteiger partial charge in [0.05, 0.1) is 5.41 Å². The smallest absolute Gasteiger partial charge is 0.311 e. The van der Waals surface area contributed by atoms with Crippen molar-refractivity contribution < 1.29 is 14.3 Å². The molecule has 0 saturated carbocycles. The van der Waals surface area contributed by atoms with Gasteiger partial charge in [0.25, 0.3) is 0 Å². The molecule has 0 aromatic rings. The van der Waals surface area contributed by atoms with Gasteiger partial charge in [0.15, 0.2) is 5.78 Å². The Morgan fingerprint density at radius 3 is 2.67 bits per heavy atom. The molecule has 0 aliphatic heterocycles. The van der Waals surface area contributed by atoms with E-state index in [0.717, 1.165) is 0 Å². The van der Waals surface area contributed by atoms with Crippen LogP contribution in [0.15, 0.2) is 24.8 Å². The van der Waals surface area contributed by atoms with Gasteiger partial charge < -0.3 is 4.74 Å². The van der Waals surface area contributed by atoms with Gasteiger partial charge in [0.1, 0.15) is 6.61 Å². The van der Waals surface area contributed by atoms with Crippen LogP contribution in [0.4, 0.5) is 0 Å². The fraction of sp³-hybridized carbons (Fsp3) is 0.600. The number of hydrogen-bond acceptors (Lipinski definition) is 3. The van der Waals surface area contributed by atoms with Crippen molar-refractivity contribution in [2.24, 2.45) is 10.8 Å². The quantitative estimate of drug-likeness (QED) is 0.569. The lowest BCUT2D eigenvalue weighted by molar-refractivity contribution is -0.155. The van der Waals surface area contributed by atoms with Crippen molar-refractivity contribution in [2.45, 2.75) is 40.0 Å². The Kier molecular flexibility index (Phi) is 4.49. The predicted octanol–water partition coefficient (Wildman–Crippen LogP) is 3.06. The summed E-state index contributed by atoms with van der Waals surface area (Å²) >= 11 is 0. The van der Waals surface area contributed by atoms with E-state index in [0.29, 0.717) is 25.9 Å². The van der Waals surface area contributed by atoms with Gasteiger partial charge in [-0.1, -0.05) is 12.2 Å². The van der Waals surface area contributed by atoms with Gasteiger partial charge in [-0.15, -0.1) is 6.58 Å². The standard InChI is InChI=1S/C15H22O3/c1-5-8-15(9-6-12(16)7-10-15)11-18-13(17)14(2,3)4/h5-6,9H,1,7-8,10-11H2,2-4H3. The number of esters is 1. The molecule has 0 amide bonds. The van der Waals surface area contributed by atoms with E-state index in [1.165, 1.54) is 0 Å². The van der Waals surface area contributed by atoms with Crippen LogP contribution in [0.25, 0.3) is 0 Å². The molecule has 0 heterocycles. The van der Waals surface area contributed by atoms with Gasteiger partial charge in [0.2, 0.25) is 0 Å². The van der Waals surface area contributed by atoms with Gasteiger partial charge in [-0.2, -0.15) is 0 Å². The monoisotopic (exact) mass is 250 g/mol. The zero-order valence-electron chi connectivity index (χ0n) is 11.5. The van der Waals surface area contributed by atoms with Crippen LogP contribution in [-0.2, 0) is 14.3 Å². The Bertz CT molecular complexity index is 374. The van der Waals surface area contributed by atoms with Crippen molar-refractivity contribution in [3.8, 4) is 0 Å². The average Bonchev–Trinajstić information content (AvgIpc) is 2.29. The number of ether oxygens (including phenoxy) is 1. The first-order chi connectivity index (χ1) is 8.29. The summed E-state index contributed by atoms with van der Waals surface area (Å²) in [7, 11) is 0. The normalized spacial score (nSPS) is 23.8. The van der Waals surface area contributed by atoms with Crippen molar-refractivity contribution in [3.63, 3.8) is 0 Å². The van der Waals surface area contributed by atoms with E-state index in [-0.39, 0.29) is 17.2 Å². The highest BCUT2D eigenvalue weighted by Gasteiger charge is 2.33. The van der Waals surface area contributed by atoms with Crippen molar-refractivity contribution in [1.29, 1.82) is 0 Å². The first kappa shape index (κ1) is 14.7. The molecule has 1 atom stereocenters. The molecule has 1 rings (SSSR count). The van der Waals surface area contributed by atoms with Crippen LogP contribution >= 0.6 is 0 Å². The minimum absolute atomic E-state index is 0.136. The lowest BCUT2D eigenvalue weighted by Gasteiger charge is -2.32. The van der Waals surface area contributed by atoms with Crippen LogP contribution in [0.3, 0.4) is 0 Å². The second kappa shape index (κ2) is 5.51. The number of carbonyl (C=O) groups excluding carboxylic acids is 2. The van der Waals surface area contributed by atoms with Gasteiger partial charge in [-0.3, -0.25) is 9.59 Å². The Labute approximate surface area is 109 Å². The molecule has 1 unspecified atom stereocenters. The molecule has 0 spiro atoms. The summed E-state index contributed by atoms with van der Waals surface area (Å²) < 4.78 is 5.39. The third-order valence-corrected chi connectivity index (χ3v) is 3.15. The predicted molar refractivity (Wildman–Crippen MR) is 71.0 cm³/mol. The SMILES string of the molecule is C=CCC1(COC(=O)C(C)(C)C)C=CC(=O)CC1. The van der Waals surface area contributed by atoms with E-state index in [1.54, 1.807) is 6.08 Å². The summed E-state index contributed by atoms with van der Waals surface area (Å²) in [4.78, 5) is 23.0. The Hall–Kier alpha value is -1.38. The van der Waals surface area contributed by atoms with E-state index >= 15 is 0 Å². The van der Waals surface area contributed by atoms with Gasteiger partial charge in [-0.25, -0.2) is 0 Å². The van der Waals surface area contributed by atoms with E-state index in [9.17, 15) is 9.59 Å². The van der Waals surface area contributed by atoms with Gasteiger partial charge in [0, 0.05) is 11.8 Å². The van der Waals surface area contributed by atoms with Crippen molar-refractivity contribution in [2.75, 3.05) is 6.61 Å². The number of allylic oxidation sites excluding steroid dienone is 2. The number of ketones is 1. The molecule has 0 N–H and O–H groups in total. The third kappa shape index (κ3) is 3.83. The second-order valence-electron chi connectivity index (χ2n) is 5.98. The number of rotatable bonds is 4. The van der Waals surface area contributed by atoms with Crippen molar-refractivity contribution in [1.82, 2.24) is 0 Å². The maximum atomic E-state index is 11.8. The van der Waals surface area contributed by atoms with Crippen LogP contribution < -0.4 is 0 Å². The van der Waals surface area contributed by atoms with Crippen LogP contribution in [-0.4, -0.2) is 18.4 Å². The summed E-state index contributed by atoms with van der Waals surface area (Å²) in [6.07, 6.45) is 7.22. The van der Waals surface area contributed by atoms with Crippen LogP contribution in [0.5, 0.6) is 0 Å². The molecule has 100 valence electrons. The molecule has 3 nitrogen and oxygen atoms in total. The van der Waals surface area contributed by atoms with E-state index < -0.39 is 5.41 Å². The first-order valence-electron chi connectivity index (χ1n) is 6.29. The fourth-order valence-electron chi connectivity index (χ4n) is 1.87. The minimum Gasteiger partial charge on any atom is -0.464 e. The van der Waals surface area contributed by atoms with E-state index in [1.807, 2.05) is 32.9 Å².